The van der Waals surface area contributed by atoms with E-state index in [1.54, 1.807) is 6.26 Å². The van der Waals surface area contributed by atoms with E-state index in [1.807, 2.05) is 13.8 Å². The average Bonchev–Trinajstić information content (AvgIpc) is 2.23. The van der Waals surface area contributed by atoms with Crippen molar-refractivity contribution in [3.05, 3.63) is 0 Å². The van der Waals surface area contributed by atoms with Crippen LogP contribution in [0, 0.1) is 5.41 Å². The lowest BCUT2D eigenvalue weighted by atomic mass is 10.4. The van der Waals surface area contributed by atoms with Gasteiger partial charge in [-0.3, -0.25) is 10.3 Å². The molecule has 0 saturated heterocycles. The summed E-state index contributed by atoms with van der Waals surface area (Å²) in [6.45, 7) is 6.90. The number of likely N-dealkylation sites (N-methyl/N-ethyl adjacent to an activating group) is 1. The smallest absolute Gasteiger partial charge is 0.413 e. The van der Waals surface area contributed by atoms with Crippen molar-refractivity contribution in [3.63, 3.8) is 0 Å². The predicted octanol–water partition coefficient (Wildman–Crippen LogP) is 1.61. The van der Waals surface area contributed by atoms with Crippen molar-refractivity contribution in [3.8, 4) is 0 Å². The summed E-state index contributed by atoms with van der Waals surface area (Å²) >= 11 is 1.14. The van der Waals surface area contributed by atoms with Crippen molar-refractivity contribution in [2.45, 2.75) is 13.8 Å². The first-order chi connectivity index (χ1) is 7.06. The van der Waals surface area contributed by atoms with Crippen LogP contribution in [-0.2, 0) is 0 Å². The fourth-order valence-corrected chi connectivity index (χ4v) is 1.57. The summed E-state index contributed by atoms with van der Waals surface area (Å²) in [5.74, 6) is 0. The molecule has 0 saturated carbocycles. The van der Waals surface area contributed by atoms with Crippen LogP contribution in [0.15, 0.2) is 0 Å². The van der Waals surface area contributed by atoms with Gasteiger partial charge in [0.25, 0.3) is 0 Å². The zero-order chi connectivity index (χ0) is 11.8. The van der Waals surface area contributed by atoms with Gasteiger partial charge < -0.3 is 10.0 Å². The first kappa shape index (κ1) is 14.2. The van der Waals surface area contributed by atoms with Crippen LogP contribution in [0.3, 0.4) is 0 Å². The predicted molar refractivity (Wildman–Crippen MR) is 63.8 cm³/mol. The van der Waals surface area contributed by atoms with E-state index in [-0.39, 0.29) is 5.17 Å². The van der Waals surface area contributed by atoms with E-state index in [0.717, 1.165) is 29.8 Å². The number of carbonyl (C=O) groups is 1. The molecule has 88 valence electrons. The van der Waals surface area contributed by atoms with Crippen molar-refractivity contribution in [2.75, 3.05) is 32.4 Å². The standard InChI is InChI=1S/C9H19N3O2S/c1-4-11(5-2)6-7-12(9(13)14)8(10)15-3/h10H,4-7H2,1-3H3,(H,13,14). The van der Waals surface area contributed by atoms with Crippen LogP contribution in [0.5, 0.6) is 0 Å². The lowest BCUT2D eigenvalue weighted by Gasteiger charge is -2.23. The van der Waals surface area contributed by atoms with Crippen LogP contribution in [0.2, 0.25) is 0 Å². The first-order valence-corrected chi connectivity index (χ1v) is 6.14. The average molecular weight is 233 g/mol. The number of hydrogen-bond acceptors (Lipinski definition) is 4. The lowest BCUT2D eigenvalue weighted by Crippen LogP contribution is -2.40. The summed E-state index contributed by atoms with van der Waals surface area (Å²) in [6, 6.07) is 0. The van der Waals surface area contributed by atoms with Crippen molar-refractivity contribution in [1.29, 1.82) is 5.41 Å². The van der Waals surface area contributed by atoms with E-state index in [2.05, 4.69) is 4.90 Å². The number of nitrogens with one attached hydrogen (secondary N) is 1. The Bertz CT molecular complexity index is 219. The quantitative estimate of drug-likeness (QED) is 0.559. The molecule has 0 aliphatic carbocycles. The third-order valence-corrected chi connectivity index (χ3v) is 2.81. The summed E-state index contributed by atoms with van der Waals surface area (Å²) in [7, 11) is 0. The first-order valence-electron chi connectivity index (χ1n) is 4.92. The molecule has 0 atom stereocenters. The third-order valence-electron chi connectivity index (χ3n) is 2.20. The normalized spacial score (nSPS) is 10.4. The van der Waals surface area contributed by atoms with Crippen LogP contribution in [0.4, 0.5) is 4.79 Å². The Morgan fingerprint density at radius 3 is 2.20 bits per heavy atom. The molecule has 0 rings (SSSR count). The summed E-state index contributed by atoms with van der Waals surface area (Å²) in [5, 5.41) is 16.4. The lowest BCUT2D eigenvalue weighted by molar-refractivity contribution is 0.164. The van der Waals surface area contributed by atoms with Crippen molar-refractivity contribution < 1.29 is 9.90 Å². The van der Waals surface area contributed by atoms with Crippen LogP contribution in [-0.4, -0.2) is 58.6 Å². The Kier molecular flexibility index (Phi) is 7.15. The molecule has 2 N–H and O–H groups in total. The molecule has 0 fully saturated rings. The Morgan fingerprint density at radius 1 is 1.33 bits per heavy atom. The minimum Gasteiger partial charge on any atom is -0.465 e. The topological polar surface area (TPSA) is 67.6 Å². The number of carboxylic acid groups (broad SMARTS) is 1. The van der Waals surface area contributed by atoms with Gasteiger partial charge >= 0.3 is 6.09 Å². The van der Waals surface area contributed by atoms with Gasteiger partial charge in [0, 0.05) is 13.1 Å². The molecule has 6 heteroatoms. The van der Waals surface area contributed by atoms with Crippen LogP contribution in [0.25, 0.3) is 0 Å². The number of amidine groups is 1. The van der Waals surface area contributed by atoms with Gasteiger partial charge in [0.2, 0.25) is 0 Å². The second kappa shape index (κ2) is 7.53. The van der Waals surface area contributed by atoms with Crippen molar-refractivity contribution in [1.82, 2.24) is 9.80 Å². The SMILES string of the molecule is CCN(CC)CCN(C(=N)SC)C(=O)O. The molecule has 15 heavy (non-hydrogen) atoms. The molecule has 1 amide bonds. The molecule has 0 aliphatic rings. The Balaban J connectivity index is 4.18. The van der Waals surface area contributed by atoms with E-state index >= 15 is 0 Å². The maximum Gasteiger partial charge on any atom is 0.413 e. The monoisotopic (exact) mass is 233 g/mol. The number of amides is 1. The minimum absolute atomic E-state index is 0.0784. The van der Waals surface area contributed by atoms with Crippen LogP contribution < -0.4 is 0 Å². The third kappa shape index (κ3) is 5.03. The van der Waals surface area contributed by atoms with E-state index in [1.165, 1.54) is 0 Å². The highest BCUT2D eigenvalue weighted by atomic mass is 32.2. The second-order valence-corrected chi connectivity index (χ2v) is 3.77. The van der Waals surface area contributed by atoms with Crippen molar-refractivity contribution >= 4 is 23.0 Å². The van der Waals surface area contributed by atoms with E-state index in [4.69, 9.17) is 10.5 Å². The van der Waals surface area contributed by atoms with E-state index in [0.29, 0.717) is 13.1 Å². The van der Waals surface area contributed by atoms with Gasteiger partial charge in [-0.2, -0.15) is 0 Å². The molecule has 0 aromatic heterocycles. The van der Waals surface area contributed by atoms with E-state index < -0.39 is 6.09 Å². The summed E-state index contributed by atoms with van der Waals surface area (Å²) in [4.78, 5) is 14.0. The highest BCUT2D eigenvalue weighted by Gasteiger charge is 2.16. The number of hydrogen-bond donors (Lipinski definition) is 2. The molecule has 0 heterocycles. The number of nitrogens with zero attached hydrogens (tertiary/aromatic N) is 2. The molecule has 5 nitrogen and oxygen atoms in total. The van der Waals surface area contributed by atoms with Crippen LogP contribution >= 0.6 is 11.8 Å². The summed E-state index contributed by atoms with van der Waals surface area (Å²) < 4.78 is 0. The molecule has 0 aliphatic heterocycles. The van der Waals surface area contributed by atoms with Gasteiger partial charge in [-0.1, -0.05) is 25.6 Å². The fraction of sp³-hybridized carbons (Fsp3) is 0.778. The summed E-state index contributed by atoms with van der Waals surface area (Å²) in [6.07, 6.45) is 0.650. The van der Waals surface area contributed by atoms with Crippen LogP contribution in [0.1, 0.15) is 13.8 Å². The fourth-order valence-electron chi connectivity index (χ4n) is 1.18. The highest BCUT2D eigenvalue weighted by Crippen LogP contribution is 2.03. The Labute approximate surface area is 94.9 Å². The maximum atomic E-state index is 10.8. The Morgan fingerprint density at radius 2 is 1.87 bits per heavy atom. The largest absolute Gasteiger partial charge is 0.465 e. The highest BCUT2D eigenvalue weighted by molar-refractivity contribution is 8.13. The molecule has 0 unspecified atom stereocenters. The molecular weight excluding hydrogens is 214 g/mol. The molecular formula is C9H19N3O2S. The van der Waals surface area contributed by atoms with Gasteiger partial charge in [0.1, 0.15) is 0 Å². The summed E-state index contributed by atoms with van der Waals surface area (Å²) in [5.41, 5.74) is 0. The second-order valence-electron chi connectivity index (χ2n) is 2.97. The van der Waals surface area contributed by atoms with Gasteiger partial charge in [0.05, 0.1) is 0 Å². The van der Waals surface area contributed by atoms with Gasteiger partial charge in [-0.05, 0) is 19.3 Å². The molecule has 0 spiro atoms. The molecule has 0 aromatic carbocycles. The maximum absolute atomic E-state index is 10.8. The van der Waals surface area contributed by atoms with Gasteiger partial charge in [-0.15, -0.1) is 0 Å². The van der Waals surface area contributed by atoms with Gasteiger partial charge in [-0.25, -0.2) is 4.79 Å². The molecule has 0 aromatic rings. The van der Waals surface area contributed by atoms with Crippen molar-refractivity contribution in [2.24, 2.45) is 0 Å². The molecule has 0 bridgehead atoms. The Hall–Kier alpha value is -0.750. The van der Waals surface area contributed by atoms with E-state index in [9.17, 15) is 4.79 Å². The minimum atomic E-state index is -1.05. The number of rotatable bonds is 5. The number of thioether (sulfide) groups is 1. The molecule has 0 radical (unpaired) electrons. The van der Waals surface area contributed by atoms with Gasteiger partial charge in [0.15, 0.2) is 5.17 Å². The zero-order valence-electron chi connectivity index (χ0n) is 9.49. The zero-order valence-corrected chi connectivity index (χ0v) is 10.3.